The van der Waals surface area contributed by atoms with E-state index in [4.69, 9.17) is 0 Å². The van der Waals surface area contributed by atoms with Crippen LogP contribution in [0.3, 0.4) is 0 Å². The molecule has 3 aromatic heterocycles. The van der Waals surface area contributed by atoms with E-state index in [0.717, 1.165) is 47.7 Å². The minimum atomic E-state index is 0.0968. The van der Waals surface area contributed by atoms with Crippen molar-refractivity contribution in [3.8, 4) is 0 Å². The van der Waals surface area contributed by atoms with Gasteiger partial charge in [0, 0.05) is 30.4 Å². The molecule has 0 saturated carbocycles. The molecule has 27 heavy (non-hydrogen) atoms. The highest BCUT2D eigenvalue weighted by Crippen LogP contribution is 2.35. The van der Waals surface area contributed by atoms with E-state index in [0.29, 0.717) is 5.69 Å². The molecule has 8 nitrogen and oxygen atoms in total. The molecule has 0 spiro atoms. The lowest BCUT2D eigenvalue weighted by Gasteiger charge is -2.41. The summed E-state index contributed by atoms with van der Waals surface area (Å²) in [6.45, 7) is 1.61. The summed E-state index contributed by atoms with van der Waals surface area (Å²) in [6.07, 6.45) is 7.44. The average Bonchev–Trinajstić information content (AvgIpc) is 3.39. The summed E-state index contributed by atoms with van der Waals surface area (Å²) in [5.41, 5.74) is 1.51. The Labute approximate surface area is 160 Å². The van der Waals surface area contributed by atoms with E-state index in [1.165, 1.54) is 11.9 Å². The van der Waals surface area contributed by atoms with Crippen LogP contribution < -0.4 is 9.62 Å². The molecule has 2 aliphatic rings. The molecule has 0 aliphatic carbocycles. The number of hydrogen-bond acceptors (Lipinski definition) is 6. The SMILES string of the molecule is CNSc1c[nH]c(C(=O)N2C3CCC2CN(c2ncnc4[nH]ccc24)C3)c1. The highest BCUT2D eigenvalue weighted by Gasteiger charge is 2.43. The Balaban J connectivity index is 1.38. The van der Waals surface area contributed by atoms with Gasteiger partial charge in [-0.15, -0.1) is 0 Å². The number of aromatic amines is 2. The van der Waals surface area contributed by atoms with Crippen LogP contribution in [0.2, 0.25) is 0 Å². The summed E-state index contributed by atoms with van der Waals surface area (Å²) >= 11 is 1.50. The summed E-state index contributed by atoms with van der Waals surface area (Å²) in [5.74, 6) is 1.05. The Morgan fingerprint density at radius 3 is 2.85 bits per heavy atom. The van der Waals surface area contributed by atoms with Gasteiger partial charge in [-0.25, -0.2) is 9.97 Å². The lowest BCUT2D eigenvalue weighted by Crippen LogP contribution is -2.56. The number of carbonyl (C=O) groups is 1. The molecule has 2 aliphatic heterocycles. The number of nitrogens with one attached hydrogen (secondary N) is 3. The van der Waals surface area contributed by atoms with Gasteiger partial charge in [0.2, 0.25) is 0 Å². The van der Waals surface area contributed by atoms with Gasteiger partial charge in [0.25, 0.3) is 5.91 Å². The molecule has 2 bridgehead atoms. The van der Waals surface area contributed by atoms with E-state index in [1.54, 1.807) is 6.33 Å². The van der Waals surface area contributed by atoms with Crippen molar-refractivity contribution >= 4 is 34.7 Å². The molecule has 3 N–H and O–H groups in total. The summed E-state index contributed by atoms with van der Waals surface area (Å²) in [6, 6.07) is 4.36. The lowest BCUT2D eigenvalue weighted by atomic mass is 10.1. The summed E-state index contributed by atoms with van der Waals surface area (Å²) < 4.78 is 3.03. The number of piperazine rings is 1. The maximum Gasteiger partial charge on any atom is 0.270 e. The molecule has 0 aromatic carbocycles. The van der Waals surface area contributed by atoms with E-state index in [2.05, 4.69) is 34.5 Å². The highest BCUT2D eigenvalue weighted by atomic mass is 32.2. The maximum absolute atomic E-state index is 13.1. The van der Waals surface area contributed by atoms with Crippen molar-refractivity contribution in [3.05, 3.63) is 36.5 Å². The molecule has 5 rings (SSSR count). The molecule has 1 amide bonds. The Morgan fingerprint density at radius 1 is 1.26 bits per heavy atom. The number of hydrogen-bond donors (Lipinski definition) is 3. The van der Waals surface area contributed by atoms with Gasteiger partial charge in [-0.2, -0.15) is 0 Å². The summed E-state index contributed by atoms with van der Waals surface area (Å²) in [5, 5.41) is 1.04. The normalized spacial score (nSPS) is 22.0. The van der Waals surface area contributed by atoms with Gasteiger partial charge in [0.1, 0.15) is 23.5 Å². The van der Waals surface area contributed by atoms with Gasteiger partial charge in [0.05, 0.1) is 17.5 Å². The largest absolute Gasteiger partial charge is 0.356 e. The maximum atomic E-state index is 13.1. The molecule has 5 heterocycles. The lowest BCUT2D eigenvalue weighted by molar-refractivity contribution is 0.0636. The van der Waals surface area contributed by atoms with Crippen molar-refractivity contribution in [3.63, 3.8) is 0 Å². The van der Waals surface area contributed by atoms with Crippen LogP contribution in [-0.2, 0) is 0 Å². The monoisotopic (exact) mass is 383 g/mol. The molecule has 2 atom stereocenters. The Bertz CT molecular complexity index is 969. The van der Waals surface area contributed by atoms with Crippen LogP contribution in [0.4, 0.5) is 5.82 Å². The molecule has 3 aromatic rings. The highest BCUT2D eigenvalue weighted by molar-refractivity contribution is 7.97. The predicted octanol–water partition coefficient (Wildman–Crippen LogP) is 2.01. The molecule has 2 unspecified atom stereocenters. The number of aromatic nitrogens is 4. The Morgan fingerprint density at radius 2 is 2.07 bits per heavy atom. The van der Waals surface area contributed by atoms with Crippen LogP contribution in [-0.4, -0.2) is 63.0 Å². The van der Waals surface area contributed by atoms with Crippen molar-refractivity contribution in [1.29, 1.82) is 0 Å². The van der Waals surface area contributed by atoms with Crippen LogP contribution in [0.15, 0.2) is 35.7 Å². The molecular weight excluding hydrogens is 362 g/mol. The topological polar surface area (TPSA) is 92.9 Å². The van der Waals surface area contributed by atoms with Gasteiger partial charge in [0.15, 0.2) is 0 Å². The number of carbonyl (C=O) groups excluding carboxylic acids is 1. The molecule has 2 fully saturated rings. The van der Waals surface area contributed by atoms with Crippen LogP contribution in [0.25, 0.3) is 11.0 Å². The second kappa shape index (κ2) is 6.58. The fourth-order valence-electron chi connectivity index (χ4n) is 4.33. The second-order valence-corrected chi connectivity index (χ2v) is 8.08. The third-order valence-electron chi connectivity index (χ3n) is 5.46. The van der Waals surface area contributed by atoms with E-state index in [-0.39, 0.29) is 18.0 Å². The van der Waals surface area contributed by atoms with Crippen molar-refractivity contribution < 1.29 is 4.79 Å². The van der Waals surface area contributed by atoms with Crippen LogP contribution >= 0.6 is 11.9 Å². The Kier molecular flexibility index (Phi) is 4.05. The van der Waals surface area contributed by atoms with Crippen LogP contribution in [0, 0.1) is 0 Å². The second-order valence-electron chi connectivity index (χ2n) is 6.99. The first kappa shape index (κ1) is 16.6. The van der Waals surface area contributed by atoms with E-state index < -0.39 is 0 Å². The van der Waals surface area contributed by atoms with Gasteiger partial charge < -0.3 is 19.8 Å². The first-order valence-corrected chi connectivity index (χ1v) is 9.94. The first-order chi connectivity index (χ1) is 13.2. The van der Waals surface area contributed by atoms with E-state index in [9.17, 15) is 4.79 Å². The third-order valence-corrected chi connectivity index (χ3v) is 6.13. The van der Waals surface area contributed by atoms with Gasteiger partial charge in [-0.05, 0) is 44.0 Å². The molecule has 140 valence electrons. The predicted molar refractivity (Wildman–Crippen MR) is 105 cm³/mol. The Hall–Kier alpha value is -2.52. The van der Waals surface area contributed by atoms with E-state index >= 15 is 0 Å². The van der Waals surface area contributed by atoms with Crippen molar-refractivity contribution in [2.75, 3.05) is 25.0 Å². The fraction of sp³-hybridized carbons (Fsp3) is 0.389. The van der Waals surface area contributed by atoms with Gasteiger partial charge >= 0.3 is 0 Å². The molecular formula is C18H21N7OS. The standard InChI is InChI=1S/C18H21N7OS/c1-19-27-13-6-15(21-7-13)18(26)25-11-2-3-12(25)9-24(8-11)17-14-4-5-20-16(14)22-10-23-17/h4-7,10-12,19,21H,2-3,8-9H2,1H3,(H,20,22,23). The molecule has 2 saturated heterocycles. The number of H-pyrrole nitrogens is 2. The fourth-order valence-corrected chi connectivity index (χ4v) is 4.86. The van der Waals surface area contributed by atoms with Gasteiger partial charge in [-0.3, -0.25) is 9.52 Å². The quantitative estimate of drug-likeness (QED) is 0.597. The van der Waals surface area contributed by atoms with E-state index in [1.807, 2.05) is 31.6 Å². The zero-order valence-electron chi connectivity index (χ0n) is 15.0. The van der Waals surface area contributed by atoms with Gasteiger partial charge in [-0.1, -0.05) is 0 Å². The third kappa shape index (κ3) is 2.78. The minimum absolute atomic E-state index is 0.0968. The molecule has 9 heteroatoms. The zero-order valence-corrected chi connectivity index (χ0v) is 15.8. The van der Waals surface area contributed by atoms with Crippen molar-refractivity contribution in [2.45, 2.75) is 29.8 Å². The summed E-state index contributed by atoms with van der Waals surface area (Å²) in [4.78, 5) is 33.6. The minimum Gasteiger partial charge on any atom is -0.356 e. The number of nitrogens with zero attached hydrogens (tertiary/aromatic N) is 4. The number of anilines is 1. The van der Waals surface area contributed by atoms with Crippen LogP contribution in [0.1, 0.15) is 23.3 Å². The molecule has 0 radical (unpaired) electrons. The number of amides is 1. The average molecular weight is 383 g/mol. The number of rotatable bonds is 4. The van der Waals surface area contributed by atoms with Crippen molar-refractivity contribution in [2.24, 2.45) is 0 Å². The van der Waals surface area contributed by atoms with Crippen molar-refractivity contribution in [1.82, 2.24) is 29.6 Å². The summed E-state index contributed by atoms with van der Waals surface area (Å²) in [7, 11) is 1.87. The van der Waals surface area contributed by atoms with Crippen LogP contribution in [0.5, 0.6) is 0 Å². The number of fused-ring (bicyclic) bond motifs is 3. The first-order valence-electron chi connectivity index (χ1n) is 9.12. The smallest absolute Gasteiger partial charge is 0.270 e. The zero-order chi connectivity index (χ0) is 18.4.